The quantitative estimate of drug-likeness (QED) is 0.622. The SMILES string of the molecule is COc1cc(C2CCN(CCF)CC2)ccc1C1CC(Nc2cnc(C#N)cn2)NN1. The minimum atomic E-state index is -0.275. The molecule has 0 spiro atoms. The Balaban J connectivity index is 1.38. The largest absolute Gasteiger partial charge is 0.496 e. The maximum absolute atomic E-state index is 12.6. The number of nitrogens with zero attached hydrogens (tertiary/aromatic N) is 4. The molecule has 31 heavy (non-hydrogen) atoms. The van der Waals surface area contributed by atoms with Crippen LogP contribution < -0.4 is 20.9 Å². The van der Waals surface area contributed by atoms with E-state index in [1.54, 1.807) is 13.3 Å². The Bertz CT molecular complexity index is 909. The molecule has 1 aromatic heterocycles. The van der Waals surface area contributed by atoms with Crippen LogP contribution in [-0.2, 0) is 0 Å². The first-order valence-corrected chi connectivity index (χ1v) is 10.7. The number of hydrogen-bond acceptors (Lipinski definition) is 8. The third-order valence-corrected chi connectivity index (χ3v) is 6.08. The molecule has 2 saturated heterocycles. The number of ether oxygens (including phenoxy) is 1. The summed E-state index contributed by atoms with van der Waals surface area (Å²) in [6, 6.07) is 8.54. The highest BCUT2D eigenvalue weighted by Crippen LogP contribution is 2.35. The number of nitriles is 1. The monoisotopic (exact) mass is 425 g/mol. The van der Waals surface area contributed by atoms with Gasteiger partial charge in [-0.2, -0.15) is 5.26 Å². The van der Waals surface area contributed by atoms with Gasteiger partial charge in [-0.05, 0) is 43.5 Å². The van der Waals surface area contributed by atoms with E-state index in [9.17, 15) is 4.39 Å². The van der Waals surface area contributed by atoms with E-state index in [2.05, 4.69) is 49.2 Å². The first-order chi connectivity index (χ1) is 15.2. The summed E-state index contributed by atoms with van der Waals surface area (Å²) in [4.78, 5) is 10.4. The first-order valence-electron chi connectivity index (χ1n) is 10.7. The molecule has 2 unspecified atom stereocenters. The van der Waals surface area contributed by atoms with Gasteiger partial charge in [0.15, 0.2) is 5.69 Å². The molecule has 8 nitrogen and oxygen atoms in total. The summed E-state index contributed by atoms with van der Waals surface area (Å²) in [5.41, 5.74) is 9.24. The van der Waals surface area contributed by atoms with Crippen molar-refractivity contribution in [3.05, 3.63) is 47.4 Å². The molecule has 0 amide bonds. The number of methoxy groups -OCH3 is 1. The van der Waals surface area contributed by atoms with E-state index in [0.29, 0.717) is 24.0 Å². The second kappa shape index (κ2) is 10.0. The fourth-order valence-corrected chi connectivity index (χ4v) is 4.37. The van der Waals surface area contributed by atoms with E-state index in [-0.39, 0.29) is 18.9 Å². The lowest BCUT2D eigenvalue weighted by atomic mass is 9.88. The Morgan fingerprint density at radius 2 is 2.10 bits per heavy atom. The molecule has 9 heteroatoms. The van der Waals surface area contributed by atoms with Gasteiger partial charge >= 0.3 is 0 Å². The van der Waals surface area contributed by atoms with Crippen LogP contribution >= 0.6 is 0 Å². The minimum Gasteiger partial charge on any atom is -0.496 e. The average Bonchev–Trinajstić information content (AvgIpc) is 3.28. The molecule has 2 aliphatic rings. The van der Waals surface area contributed by atoms with Gasteiger partial charge in [-0.25, -0.2) is 25.2 Å². The van der Waals surface area contributed by atoms with Gasteiger partial charge < -0.3 is 15.0 Å². The normalized spacial score (nSPS) is 22.2. The second-order valence-corrected chi connectivity index (χ2v) is 7.98. The van der Waals surface area contributed by atoms with Crippen LogP contribution in [0.25, 0.3) is 0 Å². The summed E-state index contributed by atoms with van der Waals surface area (Å²) < 4.78 is 18.3. The zero-order chi connectivity index (χ0) is 21.6. The zero-order valence-corrected chi connectivity index (χ0v) is 17.6. The Morgan fingerprint density at radius 3 is 2.77 bits per heavy atom. The topological polar surface area (TPSA) is 98.1 Å². The van der Waals surface area contributed by atoms with E-state index in [4.69, 9.17) is 10.00 Å². The Hall–Kier alpha value is -2.80. The molecule has 3 N–H and O–H groups in total. The van der Waals surface area contributed by atoms with Crippen molar-refractivity contribution in [1.82, 2.24) is 25.7 Å². The highest BCUT2D eigenvalue weighted by Gasteiger charge is 2.28. The van der Waals surface area contributed by atoms with Crippen LogP contribution in [0.5, 0.6) is 5.75 Å². The molecule has 0 saturated carbocycles. The smallest absolute Gasteiger partial charge is 0.158 e. The predicted octanol–water partition coefficient (Wildman–Crippen LogP) is 2.48. The van der Waals surface area contributed by atoms with Crippen LogP contribution in [0, 0.1) is 11.3 Å². The Labute approximate surface area is 181 Å². The van der Waals surface area contributed by atoms with Crippen molar-refractivity contribution in [3.63, 3.8) is 0 Å². The molecule has 2 aliphatic heterocycles. The molecular weight excluding hydrogens is 397 g/mol. The number of hydrazine groups is 1. The molecule has 0 aliphatic carbocycles. The number of anilines is 1. The summed E-state index contributed by atoms with van der Waals surface area (Å²) in [6.45, 7) is 2.15. The number of hydrogen-bond donors (Lipinski definition) is 3. The molecule has 164 valence electrons. The van der Waals surface area contributed by atoms with Gasteiger partial charge in [-0.15, -0.1) is 0 Å². The molecule has 4 rings (SSSR count). The summed E-state index contributed by atoms with van der Waals surface area (Å²) in [5.74, 6) is 1.97. The van der Waals surface area contributed by atoms with Crippen molar-refractivity contribution < 1.29 is 9.13 Å². The van der Waals surface area contributed by atoms with Crippen LogP contribution in [0.2, 0.25) is 0 Å². The van der Waals surface area contributed by atoms with Crippen LogP contribution in [0.3, 0.4) is 0 Å². The number of rotatable bonds is 7. The van der Waals surface area contributed by atoms with Gasteiger partial charge in [-0.1, -0.05) is 12.1 Å². The van der Waals surface area contributed by atoms with Gasteiger partial charge in [0.05, 0.1) is 31.7 Å². The number of likely N-dealkylation sites (tertiary alicyclic amines) is 1. The molecule has 0 radical (unpaired) electrons. The predicted molar refractivity (Wildman–Crippen MR) is 115 cm³/mol. The van der Waals surface area contributed by atoms with Crippen LogP contribution in [0.4, 0.5) is 10.2 Å². The molecular formula is C22H28FN7O. The summed E-state index contributed by atoms with van der Waals surface area (Å²) in [5, 5.41) is 12.1. The van der Waals surface area contributed by atoms with E-state index in [1.807, 2.05) is 6.07 Å². The fraction of sp³-hybridized carbons (Fsp3) is 0.500. The number of piperidine rings is 1. The molecule has 1 aromatic carbocycles. The maximum atomic E-state index is 12.6. The van der Waals surface area contributed by atoms with Crippen molar-refractivity contribution in [3.8, 4) is 11.8 Å². The Kier molecular flexibility index (Phi) is 6.92. The zero-order valence-electron chi connectivity index (χ0n) is 17.6. The Morgan fingerprint density at radius 1 is 1.26 bits per heavy atom. The highest BCUT2D eigenvalue weighted by molar-refractivity contribution is 5.42. The van der Waals surface area contributed by atoms with Crippen LogP contribution in [0.1, 0.15) is 48.0 Å². The lowest BCUT2D eigenvalue weighted by molar-refractivity contribution is 0.197. The van der Waals surface area contributed by atoms with Crippen molar-refractivity contribution >= 4 is 5.82 Å². The lowest BCUT2D eigenvalue weighted by Gasteiger charge is -2.31. The second-order valence-electron chi connectivity index (χ2n) is 7.98. The maximum Gasteiger partial charge on any atom is 0.158 e. The fourth-order valence-electron chi connectivity index (χ4n) is 4.37. The summed E-state index contributed by atoms with van der Waals surface area (Å²) >= 11 is 0. The summed E-state index contributed by atoms with van der Waals surface area (Å²) in [7, 11) is 1.71. The minimum absolute atomic E-state index is 0.0311. The van der Waals surface area contributed by atoms with E-state index in [1.165, 1.54) is 11.8 Å². The third kappa shape index (κ3) is 5.10. The molecule has 0 bridgehead atoms. The van der Waals surface area contributed by atoms with E-state index in [0.717, 1.165) is 43.7 Å². The summed E-state index contributed by atoms with van der Waals surface area (Å²) in [6.07, 6.45) is 5.86. The first kappa shape index (κ1) is 21.4. The number of nitrogens with one attached hydrogen (secondary N) is 3. The molecule has 2 fully saturated rings. The van der Waals surface area contributed by atoms with Gasteiger partial charge in [0.2, 0.25) is 0 Å². The van der Waals surface area contributed by atoms with E-state index < -0.39 is 0 Å². The lowest BCUT2D eigenvalue weighted by Crippen LogP contribution is -2.36. The van der Waals surface area contributed by atoms with Crippen LogP contribution in [0.15, 0.2) is 30.6 Å². The van der Waals surface area contributed by atoms with Gasteiger partial charge in [0.1, 0.15) is 24.3 Å². The third-order valence-electron chi connectivity index (χ3n) is 6.08. The van der Waals surface area contributed by atoms with Crippen molar-refractivity contribution in [2.75, 3.05) is 38.7 Å². The number of aromatic nitrogens is 2. The number of alkyl halides is 1. The van der Waals surface area contributed by atoms with E-state index >= 15 is 0 Å². The van der Waals surface area contributed by atoms with Crippen molar-refractivity contribution in [2.24, 2.45) is 0 Å². The van der Waals surface area contributed by atoms with Crippen molar-refractivity contribution in [1.29, 1.82) is 5.26 Å². The molecule has 3 heterocycles. The van der Waals surface area contributed by atoms with Gasteiger partial charge in [0.25, 0.3) is 0 Å². The molecule has 2 atom stereocenters. The number of halogens is 1. The van der Waals surface area contributed by atoms with Gasteiger partial charge in [0, 0.05) is 18.5 Å². The average molecular weight is 426 g/mol. The standard InChI is InChI=1S/C22H28FN7O/c1-31-20-10-16(15-4-7-30(8-5-15)9-6-23)2-3-18(20)19-11-21(29-28-19)27-22-14-25-17(12-24)13-26-22/h2-3,10,13-15,19,21,28-29H,4-9,11H2,1H3,(H,26,27). The highest BCUT2D eigenvalue weighted by atomic mass is 19.1. The molecule has 2 aromatic rings. The van der Waals surface area contributed by atoms with Gasteiger partial charge in [-0.3, -0.25) is 0 Å². The number of benzene rings is 1. The van der Waals surface area contributed by atoms with Crippen molar-refractivity contribution in [2.45, 2.75) is 37.4 Å². The van der Waals surface area contributed by atoms with Crippen LogP contribution in [-0.4, -0.2) is 54.5 Å².